The first kappa shape index (κ1) is 13.2. The highest BCUT2D eigenvalue weighted by Gasteiger charge is 2.26. The average Bonchev–Trinajstić information content (AvgIpc) is 2.40. The molecule has 1 heterocycles. The zero-order valence-corrected chi connectivity index (χ0v) is 11.1. The van der Waals surface area contributed by atoms with Crippen molar-refractivity contribution in [2.45, 2.75) is 12.5 Å². The Kier molecular flexibility index (Phi) is 4.44. The summed E-state index contributed by atoms with van der Waals surface area (Å²) >= 11 is 6.22. The van der Waals surface area contributed by atoms with Gasteiger partial charge in [-0.3, -0.25) is 4.79 Å². The first-order chi connectivity index (χ1) is 8.72. The van der Waals surface area contributed by atoms with Crippen LogP contribution in [-0.2, 0) is 9.53 Å². The monoisotopic (exact) mass is 268 g/mol. The molecule has 0 radical (unpaired) electrons. The highest BCUT2D eigenvalue weighted by atomic mass is 35.5. The summed E-state index contributed by atoms with van der Waals surface area (Å²) in [7, 11) is 1.42. The normalized spacial score (nSPS) is 19.7. The Balaban J connectivity index is 2.17. The number of para-hydroxylation sites is 1. The molecule has 1 unspecified atom stereocenters. The standard InChI is InChI=1S/C13H17ClN2O2/c1-18-13(17)8-10-9-15-6-7-16(10)12-5-3-2-4-11(12)14/h2-5,10,15H,6-9H2,1H3. The van der Waals surface area contributed by atoms with Crippen LogP contribution in [-0.4, -0.2) is 38.8 Å². The third-order valence-electron chi connectivity index (χ3n) is 3.14. The molecule has 4 nitrogen and oxygen atoms in total. The minimum absolute atomic E-state index is 0.0890. The number of carbonyl (C=O) groups excluding carboxylic acids is 1. The zero-order chi connectivity index (χ0) is 13.0. The van der Waals surface area contributed by atoms with Crippen LogP contribution >= 0.6 is 11.6 Å². The topological polar surface area (TPSA) is 41.6 Å². The van der Waals surface area contributed by atoms with Crippen molar-refractivity contribution in [3.8, 4) is 0 Å². The Morgan fingerprint density at radius 2 is 2.33 bits per heavy atom. The Bertz CT molecular complexity index is 425. The van der Waals surface area contributed by atoms with Gasteiger partial charge in [0.15, 0.2) is 0 Å². The number of hydrogen-bond donors (Lipinski definition) is 1. The van der Waals surface area contributed by atoms with Gasteiger partial charge >= 0.3 is 5.97 Å². The molecule has 0 bridgehead atoms. The number of nitrogens with zero attached hydrogens (tertiary/aromatic N) is 1. The van der Waals surface area contributed by atoms with Crippen molar-refractivity contribution >= 4 is 23.3 Å². The third kappa shape index (κ3) is 2.94. The second-order valence-electron chi connectivity index (χ2n) is 4.28. The van der Waals surface area contributed by atoms with Gasteiger partial charge in [-0.25, -0.2) is 0 Å². The number of carbonyl (C=O) groups is 1. The van der Waals surface area contributed by atoms with Crippen LogP contribution in [0.3, 0.4) is 0 Å². The minimum atomic E-state index is -0.194. The van der Waals surface area contributed by atoms with Crippen molar-refractivity contribution < 1.29 is 9.53 Å². The lowest BCUT2D eigenvalue weighted by atomic mass is 10.1. The summed E-state index contributed by atoms with van der Waals surface area (Å²) in [6.07, 6.45) is 0.370. The van der Waals surface area contributed by atoms with E-state index in [9.17, 15) is 4.79 Å². The van der Waals surface area contributed by atoms with Gasteiger partial charge in [-0.15, -0.1) is 0 Å². The molecule has 1 aromatic rings. The summed E-state index contributed by atoms with van der Waals surface area (Å²) in [5.74, 6) is -0.194. The van der Waals surface area contributed by atoms with Crippen LogP contribution in [0.2, 0.25) is 5.02 Å². The Morgan fingerprint density at radius 3 is 3.06 bits per heavy atom. The summed E-state index contributed by atoms with van der Waals surface area (Å²) in [6.45, 7) is 2.49. The lowest BCUT2D eigenvalue weighted by Gasteiger charge is -2.37. The molecule has 0 aromatic heterocycles. The van der Waals surface area contributed by atoms with E-state index in [4.69, 9.17) is 16.3 Å². The number of piperazine rings is 1. The maximum atomic E-state index is 11.4. The van der Waals surface area contributed by atoms with Gasteiger partial charge in [0, 0.05) is 19.6 Å². The van der Waals surface area contributed by atoms with Gasteiger partial charge in [-0.2, -0.15) is 0 Å². The van der Waals surface area contributed by atoms with Gasteiger partial charge in [-0.1, -0.05) is 23.7 Å². The lowest BCUT2D eigenvalue weighted by Crippen LogP contribution is -2.52. The first-order valence-corrected chi connectivity index (χ1v) is 6.39. The fraction of sp³-hybridized carbons (Fsp3) is 0.462. The number of benzene rings is 1. The molecule has 18 heavy (non-hydrogen) atoms. The largest absolute Gasteiger partial charge is 0.469 e. The SMILES string of the molecule is COC(=O)CC1CNCCN1c1ccccc1Cl. The fourth-order valence-corrected chi connectivity index (χ4v) is 2.47. The van der Waals surface area contributed by atoms with Gasteiger partial charge in [0.2, 0.25) is 0 Å². The van der Waals surface area contributed by atoms with Gasteiger partial charge in [0.25, 0.3) is 0 Å². The number of anilines is 1. The van der Waals surface area contributed by atoms with Crippen LogP contribution in [0.4, 0.5) is 5.69 Å². The average molecular weight is 269 g/mol. The van der Waals surface area contributed by atoms with E-state index in [0.717, 1.165) is 25.3 Å². The van der Waals surface area contributed by atoms with E-state index in [1.807, 2.05) is 24.3 Å². The van der Waals surface area contributed by atoms with E-state index >= 15 is 0 Å². The summed E-state index contributed by atoms with van der Waals surface area (Å²) in [5, 5.41) is 4.01. The number of hydrogen-bond acceptors (Lipinski definition) is 4. The molecule has 1 aliphatic rings. The number of rotatable bonds is 3. The molecule has 1 N–H and O–H groups in total. The molecule has 98 valence electrons. The number of methoxy groups -OCH3 is 1. The van der Waals surface area contributed by atoms with Gasteiger partial charge < -0.3 is 15.0 Å². The lowest BCUT2D eigenvalue weighted by molar-refractivity contribution is -0.141. The highest BCUT2D eigenvalue weighted by Crippen LogP contribution is 2.28. The number of ether oxygens (including phenoxy) is 1. The summed E-state index contributed by atoms with van der Waals surface area (Å²) in [4.78, 5) is 13.6. The van der Waals surface area contributed by atoms with Crippen molar-refractivity contribution in [1.82, 2.24) is 5.32 Å². The molecule has 0 spiro atoms. The van der Waals surface area contributed by atoms with Crippen LogP contribution in [0.25, 0.3) is 0 Å². The molecule has 0 aliphatic carbocycles. The molecule has 1 fully saturated rings. The number of nitrogens with one attached hydrogen (secondary N) is 1. The van der Waals surface area contributed by atoms with E-state index in [0.29, 0.717) is 11.4 Å². The molecule has 1 saturated heterocycles. The molecule has 0 saturated carbocycles. The molecule has 1 atom stereocenters. The maximum Gasteiger partial charge on any atom is 0.307 e. The van der Waals surface area contributed by atoms with Crippen LogP contribution in [0.1, 0.15) is 6.42 Å². The van der Waals surface area contributed by atoms with Crippen molar-refractivity contribution in [2.75, 3.05) is 31.6 Å². The smallest absolute Gasteiger partial charge is 0.307 e. The molecular weight excluding hydrogens is 252 g/mol. The predicted octanol–water partition coefficient (Wildman–Crippen LogP) is 1.68. The number of esters is 1. The van der Waals surface area contributed by atoms with Crippen LogP contribution in [0, 0.1) is 0 Å². The number of halogens is 1. The van der Waals surface area contributed by atoms with Crippen molar-refractivity contribution in [3.63, 3.8) is 0 Å². The summed E-state index contributed by atoms with van der Waals surface area (Å²) < 4.78 is 4.74. The third-order valence-corrected chi connectivity index (χ3v) is 3.46. The van der Waals surface area contributed by atoms with Gasteiger partial charge in [-0.05, 0) is 12.1 Å². The molecule has 1 aromatic carbocycles. The van der Waals surface area contributed by atoms with Crippen molar-refractivity contribution in [1.29, 1.82) is 0 Å². The van der Waals surface area contributed by atoms with E-state index < -0.39 is 0 Å². The van der Waals surface area contributed by atoms with Crippen molar-refractivity contribution in [3.05, 3.63) is 29.3 Å². The Hall–Kier alpha value is -1.26. The Morgan fingerprint density at radius 1 is 1.56 bits per heavy atom. The maximum absolute atomic E-state index is 11.4. The molecule has 2 rings (SSSR count). The van der Waals surface area contributed by atoms with E-state index in [1.165, 1.54) is 7.11 Å². The van der Waals surface area contributed by atoms with E-state index in [1.54, 1.807) is 0 Å². The molecule has 0 amide bonds. The van der Waals surface area contributed by atoms with Gasteiger partial charge in [0.1, 0.15) is 0 Å². The molecular formula is C13H17ClN2O2. The fourth-order valence-electron chi connectivity index (χ4n) is 2.22. The summed E-state index contributed by atoms with van der Waals surface area (Å²) in [5.41, 5.74) is 0.981. The van der Waals surface area contributed by atoms with Crippen LogP contribution in [0.15, 0.2) is 24.3 Å². The predicted molar refractivity (Wildman–Crippen MR) is 72.1 cm³/mol. The van der Waals surface area contributed by atoms with E-state index in [-0.39, 0.29) is 12.0 Å². The minimum Gasteiger partial charge on any atom is -0.469 e. The van der Waals surface area contributed by atoms with Crippen LogP contribution in [0.5, 0.6) is 0 Å². The second-order valence-corrected chi connectivity index (χ2v) is 4.69. The molecule has 5 heteroatoms. The van der Waals surface area contributed by atoms with Crippen molar-refractivity contribution in [2.24, 2.45) is 0 Å². The Labute approximate surface area is 112 Å². The quantitative estimate of drug-likeness (QED) is 0.847. The second kappa shape index (κ2) is 6.07. The highest BCUT2D eigenvalue weighted by molar-refractivity contribution is 6.33. The van der Waals surface area contributed by atoms with Gasteiger partial charge in [0.05, 0.1) is 30.3 Å². The zero-order valence-electron chi connectivity index (χ0n) is 10.4. The summed E-state index contributed by atoms with van der Waals surface area (Å²) in [6, 6.07) is 7.81. The first-order valence-electron chi connectivity index (χ1n) is 6.01. The van der Waals surface area contributed by atoms with Crippen LogP contribution < -0.4 is 10.2 Å². The van der Waals surface area contributed by atoms with E-state index in [2.05, 4.69) is 10.2 Å². The molecule has 1 aliphatic heterocycles.